The fourth-order valence-corrected chi connectivity index (χ4v) is 1.59. The van der Waals surface area contributed by atoms with E-state index < -0.39 is 10.9 Å². The Balaban J connectivity index is 2.10. The van der Waals surface area contributed by atoms with Gasteiger partial charge in [0.2, 0.25) is 0 Å². The van der Waals surface area contributed by atoms with Crippen LogP contribution in [0.3, 0.4) is 0 Å². The number of rotatable bonds is 4. The Kier molecular flexibility index (Phi) is 3.56. The minimum atomic E-state index is -0.498. The highest BCUT2D eigenvalue weighted by Crippen LogP contribution is 2.13. The van der Waals surface area contributed by atoms with Gasteiger partial charge in [0.25, 0.3) is 5.69 Å². The zero-order valence-corrected chi connectivity index (χ0v) is 10.1. The lowest BCUT2D eigenvalue weighted by Gasteiger charge is -2.01. The number of esters is 1. The highest BCUT2D eigenvalue weighted by molar-refractivity contribution is 5.86. The molecule has 0 spiro atoms. The first kappa shape index (κ1) is 12.7. The van der Waals surface area contributed by atoms with E-state index in [1.807, 2.05) is 0 Å². The van der Waals surface area contributed by atoms with Gasteiger partial charge in [-0.3, -0.25) is 10.1 Å². The average Bonchev–Trinajstić information content (AvgIpc) is 2.87. The van der Waals surface area contributed by atoms with Gasteiger partial charge in [-0.25, -0.2) is 9.78 Å². The first-order valence-corrected chi connectivity index (χ1v) is 5.43. The van der Waals surface area contributed by atoms with Crippen LogP contribution in [0.25, 0.3) is 0 Å². The molecule has 0 amide bonds. The maximum absolute atomic E-state index is 11.2. The molecule has 0 aliphatic rings. The summed E-state index contributed by atoms with van der Waals surface area (Å²) >= 11 is 0. The topological polar surface area (TPSA) is 87.3 Å². The molecule has 0 aliphatic heterocycles. The number of ether oxygens (including phenoxy) is 1. The van der Waals surface area contributed by atoms with E-state index in [0.717, 1.165) is 5.56 Å². The number of hydrogen-bond acceptors (Lipinski definition) is 5. The number of nitro benzene ring substituents is 1. The van der Waals surface area contributed by atoms with Crippen LogP contribution < -0.4 is 0 Å². The summed E-state index contributed by atoms with van der Waals surface area (Å²) in [5.74, 6) is -0.498. The lowest BCUT2D eigenvalue weighted by atomic mass is 10.2. The van der Waals surface area contributed by atoms with Crippen molar-refractivity contribution in [1.82, 2.24) is 9.55 Å². The number of non-ortho nitro benzene ring substituents is 1. The molecule has 1 aromatic heterocycles. The molecule has 0 fully saturated rings. The zero-order valence-electron chi connectivity index (χ0n) is 10.1. The number of imidazole rings is 1. The Morgan fingerprint density at radius 1 is 1.42 bits per heavy atom. The third-order valence-corrected chi connectivity index (χ3v) is 2.54. The van der Waals surface area contributed by atoms with Gasteiger partial charge in [0.1, 0.15) is 0 Å². The van der Waals surface area contributed by atoms with E-state index in [1.54, 1.807) is 22.9 Å². The average molecular weight is 261 g/mol. The molecular formula is C12H11N3O4. The van der Waals surface area contributed by atoms with Gasteiger partial charge in [-0.05, 0) is 5.56 Å². The van der Waals surface area contributed by atoms with Crippen molar-refractivity contribution in [3.05, 3.63) is 58.2 Å². The summed E-state index contributed by atoms with van der Waals surface area (Å²) in [5.41, 5.74) is 1.15. The van der Waals surface area contributed by atoms with Crippen molar-refractivity contribution in [2.45, 2.75) is 6.54 Å². The van der Waals surface area contributed by atoms with Crippen LogP contribution in [0.4, 0.5) is 5.69 Å². The lowest BCUT2D eigenvalue weighted by Crippen LogP contribution is -2.01. The SMILES string of the molecule is COC(=O)c1cn(Cc2ccc([N+](=O)[O-])cc2)cn1. The van der Waals surface area contributed by atoms with E-state index in [4.69, 9.17) is 0 Å². The Morgan fingerprint density at radius 2 is 2.11 bits per heavy atom. The van der Waals surface area contributed by atoms with Crippen LogP contribution in [0.1, 0.15) is 16.1 Å². The van der Waals surface area contributed by atoms with Crippen LogP contribution in [-0.2, 0) is 11.3 Å². The first-order valence-electron chi connectivity index (χ1n) is 5.43. The number of hydrogen-bond donors (Lipinski definition) is 0. The monoisotopic (exact) mass is 261 g/mol. The molecule has 0 saturated heterocycles. The van der Waals surface area contributed by atoms with Gasteiger partial charge in [-0.2, -0.15) is 0 Å². The molecule has 0 saturated carbocycles. The molecule has 0 unspecified atom stereocenters. The van der Waals surface area contributed by atoms with Gasteiger partial charge in [0, 0.05) is 24.9 Å². The number of carbonyl (C=O) groups is 1. The second-order valence-electron chi connectivity index (χ2n) is 3.85. The van der Waals surface area contributed by atoms with E-state index in [1.165, 1.54) is 25.6 Å². The normalized spacial score (nSPS) is 10.2. The first-order chi connectivity index (χ1) is 9.10. The van der Waals surface area contributed by atoms with Crippen LogP contribution in [0.15, 0.2) is 36.8 Å². The minimum absolute atomic E-state index is 0.0460. The minimum Gasteiger partial charge on any atom is -0.464 e. The standard InChI is InChI=1S/C12H11N3O4/c1-19-12(16)11-7-14(8-13-11)6-9-2-4-10(5-3-9)15(17)18/h2-5,7-8H,6H2,1H3. The van der Waals surface area contributed by atoms with Crippen molar-refractivity contribution in [1.29, 1.82) is 0 Å². The van der Waals surface area contributed by atoms with E-state index in [-0.39, 0.29) is 11.4 Å². The molecule has 0 radical (unpaired) electrons. The molecule has 0 aliphatic carbocycles. The predicted octanol–water partition coefficient (Wildman–Crippen LogP) is 1.63. The van der Waals surface area contributed by atoms with Crippen LogP contribution in [0, 0.1) is 10.1 Å². The fraction of sp³-hybridized carbons (Fsp3) is 0.167. The molecule has 0 atom stereocenters. The molecule has 1 heterocycles. The maximum atomic E-state index is 11.2. The van der Waals surface area contributed by atoms with Gasteiger partial charge >= 0.3 is 5.97 Å². The summed E-state index contributed by atoms with van der Waals surface area (Å²) in [4.78, 5) is 25.2. The Hall–Kier alpha value is -2.70. The van der Waals surface area contributed by atoms with Crippen molar-refractivity contribution >= 4 is 11.7 Å². The number of carbonyl (C=O) groups excluding carboxylic acids is 1. The molecule has 98 valence electrons. The van der Waals surface area contributed by atoms with E-state index >= 15 is 0 Å². The third kappa shape index (κ3) is 2.95. The largest absolute Gasteiger partial charge is 0.464 e. The summed E-state index contributed by atoms with van der Waals surface area (Å²) < 4.78 is 6.25. The number of aromatic nitrogens is 2. The van der Waals surface area contributed by atoms with Crippen molar-refractivity contribution in [2.24, 2.45) is 0 Å². The summed E-state index contributed by atoms with van der Waals surface area (Å²) in [6, 6.07) is 6.20. The zero-order chi connectivity index (χ0) is 13.8. The fourth-order valence-electron chi connectivity index (χ4n) is 1.59. The highest BCUT2D eigenvalue weighted by atomic mass is 16.6. The summed E-state index contributed by atoms with van der Waals surface area (Å²) in [5, 5.41) is 10.5. The highest BCUT2D eigenvalue weighted by Gasteiger charge is 2.09. The Morgan fingerprint density at radius 3 is 2.68 bits per heavy atom. The van der Waals surface area contributed by atoms with Crippen molar-refractivity contribution in [2.75, 3.05) is 7.11 Å². The second kappa shape index (κ2) is 5.30. The number of methoxy groups -OCH3 is 1. The maximum Gasteiger partial charge on any atom is 0.358 e. The summed E-state index contributed by atoms with van der Waals surface area (Å²) in [6.07, 6.45) is 3.07. The molecule has 1 aromatic carbocycles. The van der Waals surface area contributed by atoms with Gasteiger partial charge < -0.3 is 9.30 Å². The van der Waals surface area contributed by atoms with Gasteiger partial charge in [0.15, 0.2) is 5.69 Å². The van der Waals surface area contributed by atoms with Gasteiger partial charge in [-0.1, -0.05) is 12.1 Å². The third-order valence-electron chi connectivity index (χ3n) is 2.54. The smallest absolute Gasteiger partial charge is 0.358 e. The molecule has 0 bridgehead atoms. The van der Waals surface area contributed by atoms with Crippen LogP contribution in [0.5, 0.6) is 0 Å². The van der Waals surface area contributed by atoms with Crippen LogP contribution in [-0.4, -0.2) is 27.6 Å². The Labute approximate surface area is 108 Å². The second-order valence-corrected chi connectivity index (χ2v) is 3.85. The van der Waals surface area contributed by atoms with Crippen LogP contribution >= 0.6 is 0 Å². The summed E-state index contributed by atoms with van der Waals surface area (Å²) in [6.45, 7) is 0.474. The molecule has 7 nitrogen and oxygen atoms in total. The van der Waals surface area contributed by atoms with Crippen molar-refractivity contribution in [3.63, 3.8) is 0 Å². The molecule has 7 heteroatoms. The molecule has 19 heavy (non-hydrogen) atoms. The number of benzene rings is 1. The predicted molar refractivity (Wildman–Crippen MR) is 65.8 cm³/mol. The lowest BCUT2D eigenvalue weighted by molar-refractivity contribution is -0.384. The van der Waals surface area contributed by atoms with E-state index in [9.17, 15) is 14.9 Å². The molecule has 2 aromatic rings. The van der Waals surface area contributed by atoms with Crippen molar-refractivity contribution < 1.29 is 14.5 Å². The van der Waals surface area contributed by atoms with Crippen LogP contribution in [0.2, 0.25) is 0 Å². The quantitative estimate of drug-likeness (QED) is 0.474. The molecule has 0 N–H and O–H groups in total. The van der Waals surface area contributed by atoms with Gasteiger partial charge in [0.05, 0.1) is 18.4 Å². The van der Waals surface area contributed by atoms with E-state index in [2.05, 4.69) is 9.72 Å². The number of nitrogens with zero attached hydrogens (tertiary/aromatic N) is 3. The van der Waals surface area contributed by atoms with Gasteiger partial charge in [-0.15, -0.1) is 0 Å². The number of nitro groups is 1. The summed E-state index contributed by atoms with van der Waals surface area (Å²) in [7, 11) is 1.29. The van der Waals surface area contributed by atoms with Crippen molar-refractivity contribution in [3.8, 4) is 0 Å². The van der Waals surface area contributed by atoms with E-state index in [0.29, 0.717) is 6.54 Å². The Bertz CT molecular complexity index is 604. The molecular weight excluding hydrogens is 250 g/mol. The molecule has 2 rings (SSSR count).